The lowest BCUT2D eigenvalue weighted by Crippen LogP contribution is -2.48. The maximum atomic E-state index is 12.6. The fourth-order valence-corrected chi connectivity index (χ4v) is 6.78. The van der Waals surface area contributed by atoms with E-state index in [0.717, 1.165) is 23.6 Å². The van der Waals surface area contributed by atoms with Gasteiger partial charge >= 0.3 is 0 Å². The molecule has 0 N–H and O–H groups in total. The van der Waals surface area contributed by atoms with Crippen molar-refractivity contribution in [1.29, 1.82) is 0 Å². The molecule has 6 heteroatoms. The molecule has 27 heavy (non-hydrogen) atoms. The van der Waals surface area contributed by atoms with Crippen LogP contribution in [0, 0.1) is 17.8 Å². The van der Waals surface area contributed by atoms with Crippen molar-refractivity contribution in [3.63, 3.8) is 0 Å². The van der Waals surface area contributed by atoms with Gasteiger partial charge in [-0.25, -0.2) is 0 Å². The first kappa shape index (κ1) is 17.7. The smallest absolute Gasteiger partial charge is 0.277 e. The zero-order valence-electron chi connectivity index (χ0n) is 15.4. The predicted molar refractivity (Wildman–Crippen MR) is 105 cm³/mol. The summed E-state index contributed by atoms with van der Waals surface area (Å²) in [4.78, 5) is 12.6. The third-order valence-electron chi connectivity index (χ3n) is 6.67. The monoisotopic (exact) mass is 402 g/mol. The second kappa shape index (κ2) is 6.63. The van der Waals surface area contributed by atoms with Gasteiger partial charge in [0.05, 0.1) is 5.25 Å². The van der Waals surface area contributed by atoms with Gasteiger partial charge in [0.2, 0.25) is 5.89 Å². The van der Waals surface area contributed by atoms with Crippen LogP contribution in [0.2, 0.25) is 5.02 Å². The number of nitrogens with zero attached hydrogens (tertiary/aromatic N) is 2. The predicted octanol–water partition coefficient (Wildman–Crippen LogP) is 5.55. The van der Waals surface area contributed by atoms with E-state index in [4.69, 9.17) is 16.0 Å². The number of carbonyl (C=O) groups is 1. The molecule has 4 nitrogen and oxygen atoms in total. The normalized spacial score (nSPS) is 32.6. The Morgan fingerprint density at radius 3 is 2.30 bits per heavy atom. The molecule has 4 fully saturated rings. The third-order valence-corrected chi connectivity index (χ3v) is 7.86. The van der Waals surface area contributed by atoms with Gasteiger partial charge in [0, 0.05) is 16.0 Å². The SMILES string of the molecule is C[C@@H](Sc1nnc(C23CC4CC(CC(C4)C2)C3)o1)C(=O)c1ccc(Cl)cc1. The molecule has 4 aliphatic carbocycles. The number of benzene rings is 1. The lowest BCUT2D eigenvalue weighted by atomic mass is 9.49. The minimum Gasteiger partial charge on any atom is -0.415 e. The molecule has 1 aromatic carbocycles. The summed E-state index contributed by atoms with van der Waals surface area (Å²) >= 11 is 7.26. The van der Waals surface area contributed by atoms with Crippen LogP contribution in [0.15, 0.2) is 33.9 Å². The highest BCUT2D eigenvalue weighted by atomic mass is 35.5. The Balaban J connectivity index is 1.31. The molecule has 0 amide bonds. The van der Waals surface area contributed by atoms with E-state index in [1.807, 2.05) is 6.92 Å². The van der Waals surface area contributed by atoms with Crippen molar-refractivity contribution >= 4 is 29.1 Å². The first-order valence-electron chi connectivity index (χ1n) is 9.81. The van der Waals surface area contributed by atoms with E-state index in [9.17, 15) is 4.79 Å². The molecule has 4 bridgehead atoms. The molecule has 1 aromatic heterocycles. The molecular weight excluding hydrogens is 380 g/mol. The van der Waals surface area contributed by atoms with Gasteiger partial charge in [-0.3, -0.25) is 4.79 Å². The van der Waals surface area contributed by atoms with E-state index in [-0.39, 0.29) is 16.4 Å². The Bertz CT molecular complexity index is 828. The van der Waals surface area contributed by atoms with Crippen molar-refractivity contribution in [2.45, 2.75) is 61.3 Å². The third kappa shape index (κ3) is 3.23. The molecular formula is C21H23ClN2O2S. The largest absolute Gasteiger partial charge is 0.415 e. The van der Waals surface area contributed by atoms with Gasteiger partial charge in [-0.05, 0) is 87.5 Å². The highest BCUT2D eigenvalue weighted by Gasteiger charge is 2.54. The topological polar surface area (TPSA) is 56.0 Å². The van der Waals surface area contributed by atoms with Crippen LogP contribution < -0.4 is 0 Å². The Morgan fingerprint density at radius 2 is 1.70 bits per heavy atom. The Hall–Kier alpha value is -1.33. The van der Waals surface area contributed by atoms with Crippen LogP contribution in [0.3, 0.4) is 0 Å². The molecule has 0 saturated heterocycles. The summed E-state index contributed by atoms with van der Waals surface area (Å²) in [7, 11) is 0. The fourth-order valence-electron chi connectivity index (χ4n) is 5.90. The Morgan fingerprint density at radius 1 is 1.11 bits per heavy atom. The minimum absolute atomic E-state index is 0.0474. The van der Waals surface area contributed by atoms with Crippen molar-refractivity contribution in [3.8, 4) is 0 Å². The summed E-state index contributed by atoms with van der Waals surface area (Å²) in [5.74, 6) is 3.38. The molecule has 1 heterocycles. The van der Waals surface area contributed by atoms with Crippen LogP contribution in [-0.2, 0) is 5.41 Å². The standard InChI is InChI=1S/C21H23ClN2O2S/c1-12(18(25)16-2-4-17(22)5-3-16)27-20-24-23-19(26-20)21-9-13-6-14(10-21)8-15(7-13)11-21/h2-5,12-15H,6-11H2,1H3/t12-,13?,14?,15?,21?/m1/s1. The Labute approximate surface area is 168 Å². The van der Waals surface area contributed by atoms with E-state index in [2.05, 4.69) is 10.2 Å². The summed E-state index contributed by atoms with van der Waals surface area (Å²) < 4.78 is 6.11. The number of hydrogen-bond acceptors (Lipinski definition) is 5. The van der Waals surface area contributed by atoms with Crippen LogP contribution in [0.25, 0.3) is 0 Å². The second-order valence-corrected chi connectivity index (χ2v) is 10.4. The van der Waals surface area contributed by atoms with Gasteiger partial charge in [0.25, 0.3) is 5.22 Å². The van der Waals surface area contributed by atoms with Gasteiger partial charge < -0.3 is 4.42 Å². The molecule has 0 spiro atoms. The van der Waals surface area contributed by atoms with Gasteiger partial charge in [-0.1, -0.05) is 23.4 Å². The number of rotatable bonds is 5. The first-order valence-corrected chi connectivity index (χ1v) is 11.1. The van der Waals surface area contributed by atoms with Crippen LogP contribution in [0.5, 0.6) is 0 Å². The highest BCUT2D eigenvalue weighted by Crippen LogP contribution is 2.60. The summed E-state index contributed by atoms with van der Waals surface area (Å²) in [6, 6.07) is 7.00. The average Bonchev–Trinajstić information content (AvgIpc) is 3.10. The Kier molecular flexibility index (Phi) is 4.36. The molecule has 142 valence electrons. The maximum absolute atomic E-state index is 12.6. The number of aromatic nitrogens is 2. The average molecular weight is 403 g/mol. The molecule has 6 rings (SSSR count). The van der Waals surface area contributed by atoms with E-state index in [1.165, 1.54) is 50.3 Å². The summed E-state index contributed by atoms with van der Waals surface area (Å²) in [5, 5.41) is 9.57. The van der Waals surface area contributed by atoms with E-state index < -0.39 is 0 Å². The number of hydrogen-bond donors (Lipinski definition) is 0. The van der Waals surface area contributed by atoms with Crippen molar-refractivity contribution in [2.75, 3.05) is 0 Å². The van der Waals surface area contributed by atoms with Crippen molar-refractivity contribution in [1.82, 2.24) is 10.2 Å². The number of ketones is 1. The molecule has 1 atom stereocenters. The van der Waals surface area contributed by atoms with Gasteiger partial charge in [-0.15, -0.1) is 10.2 Å². The molecule has 0 aliphatic heterocycles. The summed E-state index contributed by atoms with van der Waals surface area (Å²) in [6.07, 6.45) is 7.77. The number of halogens is 1. The van der Waals surface area contributed by atoms with Crippen molar-refractivity contribution in [3.05, 3.63) is 40.7 Å². The molecule has 4 aliphatic rings. The zero-order valence-corrected chi connectivity index (χ0v) is 16.9. The second-order valence-electron chi connectivity index (χ2n) is 8.70. The molecule has 4 saturated carbocycles. The number of carbonyl (C=O) groups excluding carboxylic acids is 1. The number of thioether (sulfide) groups is 1. The summed E-state index contributed by atoms with van der Waals surface area (Å²) in [6.45, 7) is 1.89. The highest BCUT2D eigenvalue weighted by molar-refractivity contribution is 8.00. The summed E-state index contributed by atoms with van der Waals surface area (Å²) in [5.41, 5.74) is 0.754. The maximum Gasteiger partial charge on any atom is 0.277 e. The molecule has 0 unspecified atom stereocenters. The van der Waals surface area contributed by atoms with Crippen LogP contribution in [-0.4, -0.2) is 21.2 Å². The van der Waals surface area contributed by atoms with Gasteiger partial charge in [0.1, 0.15) is 0 Å². The molecule has 0 radical (unpaired) electrons. The van der Waals surface area contributed by atoms with Crippen molar-refractivity contribution < 1.29 is 9.21 Å². The number of Topliss-reactive ketones (excluding diaryl/α,β-unsaturated/α-hetero) is 1. The lowest BCUT2D eigenvalue weighted by Gasteiger charge is -2.55. The first-order chi connectivity index (χ1) is 13.0. The van der Waals surface area contributed by atoms with Crippen LogP contribution in [0.4, 0.5) is 0 Å². The van der Waals surface area contributed by atoms with E-state index >= 15 is 0 Å². The lowest BCUT2D eigenvalue weighted by molar-refractivity contribution is -0.0191. The van der Waals surface area contributed by atoms with Crippen molar-refractivity contribution in [2.24, 2.45) is 17.8 Å². The fraction of sp³-hybridized carbons (Fsp3) is 0.571. The molecule has 2 aromatic rings. The van der Waals surface area contributed by atoms with Gasteiger partial charge in [0.15, 0.2) is 5.78 Å². The minimum atomic E-state index is -0.282. The van der Waals surface area contributed by atoms with Crippen LogP contribution >= 0.6 is 23.4 Å². The van der Waals surface area contributed by atoms with Gasteiger partial charge in [-0.2, -0.15) is 0 Å². The van der Waals surface area contributed by atoms with E-state index in [0.29, 0.717) is 15.8 Å². The van der Waals surface area contributed by atoms with Crippen LogP contribution in [0.1, 0.15) is 61.7 Å². The van der Waals surface area contributed by atoms with E-state index in [1.54, 1.807) is 24.3 Å². The quantitative estimate of drug-likeness (QED) is 0.484. The zero-order chi connectivity index (χ0) is 18.6.